The molecule has 1 aromatic heterocycles. The molecule has 0 aliphatic rings. The van der Waals surface area contributed by atoms with E-state index in [1.807, 2.05) is 33.8 Å². The van der Waals surface area contributed by atoms with Gasteiger partial charge in [0, 0.05) is 5.54 Å². The van der Waals surface area contributed by atoms with Gasteiger partial charge < -0.3 is 15.5 Å². The highest BCUT2D eigenvalue weighted by molar-refractivity contribution is 14.0. The predicted octanol–water partition coefficient (Wildman–Crippen LogP) is 2.41. The molecule has 1 aromatic rings. The van der Waals surface area contributed by atoms with E-state index in [9.17, 15) is 0 Å². The van der Waals surface area contributed by atoms with Crippen molar-refractivity contribution in [3.63, 3.8) is 0 Å². The molecule has 0 saturated heterocycles. The summed E-state index contributed by atoms with van der Waals surface area (Å²) in [5.41, 5.74) is 6.76. The molecule has 1 rings (SSSR count). The standard InChI is InChI=1S/C11H19N3O.HI/c1-8-5-6-15-9(8)7-13-10(12)14-11(2,3)4;/h5-6H,7H2,1-4H3,(H3,12,13,14);1H. The van der Waals surface area contributed by atoms with Crippen molar-refractivity contribution in [2.75, 3.05) is 0 Å². The average molecular weight is 337 g/mol. The van der Waals surface area contributed by atoms with Crippen LogP contribution in [0.3, 0.4) is 0 Å². The van der Waals surface area contributed by atoms with Crippen LogP contribution in [0.1, 0.15) is 32.1 Å². The van der Waals surface area contributed by atoms with Crippen LogP contribution in [0.2, 0.25) is 0 Å². The lowest BCUT2D eigenvalue weighted by atomic mass is 10.1. The van der Waals surface area contributed by atoms with Gasteiger partial charge in [-0.1, -0.05) is 0 Å². The summed E-state index contributed by atoms with van der Waals surface area (Å²) in [5.74, 6) is 1.30. The fourth-order valence-electron chi connectivity index (χ4n) is 1.15. The van der Waals surface area contributed by atoms with E-state index in [4.69, 9.17) is 10.2 Å². The van der Waals surface area contributed by atoms with Crippen LogP contribution in [0.5, 0.6) is 0 Å². The van der Waals surface area contributed by atoms with Crippen molar-refractivity contribution in [3.05, 3.63) is 23.7 Å². The summed E-state index contributed by atoms with van der Waals surface area (Å²) in [5, 5.41) is 3.09. The zero-order chi connectivity index (χ0) is 11.5. The van der Waals surface area contributed by atoms with Crippen LogP contribution in [-0.4, -0.2) is 11.5 Å². The Balaban J connectivity index is 0.00000225. The van der Waals surface area contributed by atoms with Gasteiger partial charge in [0.25, 0.3) is 0 Å². The third-order valence-electron chi connectivity index (χ3n) is 1.86. The monoisotopic (exact) mass is 337 g/mol. The predicted molar refractivity (Wildman–Crippen MR) is 77.1 cm³/mol. The lowest BCUT2D eigenvalue weighted by Crippen LogP contribution is -2.44. The molecule has 3 N–H and O–H groups in total. The Morgan fingerprint density at radius 1 is 1.50 bits per heavy atom. The number of aliphatic imine (C=N–C) groups is 1. The molecule has 0 bridgehead atoms. The molecule has 0 radical (unpaired) electrons. The van der Waals surface area contributed by atoms with E-state index in [-0.39, 0.29) is 29.5 Å². The van der Waals surface area contributed by atoms with Gasteiger partial charge in [-0.3, -0.25) is 0 Å². The van der Waals surface area contributed by atoms with Crippen LogP contribution in [0.15, 0.2) is 21.7 Å². The van der Waals surface area contributed by atoms with Crippen molar-refractivity contribution in [1.29, 1.82) is 0 Å². The maximum Gasteiger partial charge on any atom is 0.189 e. The van der Waals surface area contributed by atoms with Crippen molar-refractivity contribution in [2.24, 2.45) is 10.7 Å². The Bertz CT molecular complexity index is 352. The highest BCUT2D eigenvalue weighted by atomic mass is 127. The first-order chi connectivity index (χ1) is 6.88. The smallest absolute Gasteiger partial charge is 0.189 e. The molecule has 4 nitrogen and oxygen atoms in total. The minimum Gasteiger partial charge on any atom is -0.467 e. The van der Waals surface area contributed by atoms with E-state index in [0.29, 0.717) is 12.5 Å². The van der Waals surface area contributed by atoms with Crippen LogP contribution in [0.4, 0.5) is 0 Å². The van der Waals surface area contributed by atoms with E-state index in [1.165, 1.54) is 0 Å². The van der Waals surface area contributed by atoms with E-state index in [2.05, 4.69) is 10.3 Å². The summed E-state index contributed by atoms with van der Waals surface area (Å²) in [7, 11) is 0. The van der Waals surface area contributed by atoms with Gasteiger partial charge in [0.15, 0.2) is 5.96 Å². The number of rotatable bonds is 2. The van der Waals surface area contributed by atoms with Crippen LogP contribution in [-0.2, 0) is 6.54 Å². The molecular weight excluding hydrogens is 317 g/mol. The molecular formula is C11H20IN3O. The average Bonchev–Trinajstić information content (AvgIpc) is 2.44. The summed E-state index contributed by atoms with van der Waals surface area (Å²) >= 11 is 0. The van der Waals surface area contributed by atoms with Crippen LogP contribution in [0.25, 0.3) is 0 Å². The molecule has 16 heavy (non-hydrogen) atoms. The maximum absolute atomic E-state index is 5.72. The van der Waals surface area contributed by atoms with Crippen molar-refractivity contribution in [1.82, 2.24) is 5.32 Å². The number of hydrogen-bond acceptors (Lipinski definition) is 2. The topological polar surface area (TPSA) is 63.5 Å². The summed E-state index contributed by atoms with van der Waals surface area (Å²) in [4.78, 5) is 4.20. The third-order valence-corrected chi connectivity index (χ3v) is 1.86. The van der Waals surface area contributed by atoms with Gasteiger partial charge in [-0.2, -0.15) is 0 Å². The van der Waals surface area contributed by atoms with Crippen LogP contribution < -0.4 is 11.1 Å². The quantitative estimate of drug-likeness (QED) is 0.495. The van der Waals surface area contributed by atoms with Crippen molar-refractivity contribution in [2.45, 2.75) is 39.8 Å². The number of guanidine groups is 1. The Labute approximate surface area is 114 Å². The lowest BCUT2D eigenvalue weighted by molar-refractivity contribution is 0.498. The molecule has 0 fully saturated rings. The van der Waals surface area contributed by atoms with E-state index >= 15 is 0 Å². The zero-order valence-electron chi connectivity index (χ0n) is 10.2. The molecule has 0 amide bonds. The van der Waals surface area contributed by atoms with Gasteiger partial charge in [-0.05, 0) is 39.3 Å². The largest absolute Gasteiger partial charge is 0.467 e. The second-order valence-corrected chi connectivity index (χ2v) is 4.60. The second kappa shape index (κ2) is 6.12. The van der Waals surface area contributed by atoms with Gasteiger partial charge >= 0.3 is 0 Å². The SMILES string of the molecule is Cc1ccoc1CN=C(N)NC(C)(C)C.I. The number of furan rings is 1. The van der Waals surface area contributed by atoms with Crippen molar-refractivity contribution < 1.29 is 4.42 Å². The summed E-state index contributed by atoms with van der Waals surface area (Å²) in [6.07, 6.45) is 1.66. The molecule has 0 atom stereocenters. The van der Waals surface area contributed by atoms with E-state index in [1.54, 1.807) is 6.26 Å². The zero-order valence-corrected chi connectivity index (χ0v) is 12.5. The van der Waals surface area contributed by atoms with Gasteiger partial charge in [0.2, 0.25) is 0 Å². The second-order valence-electron chi connectivity index (χ2n) is 4.60. The normalized spacial score (nSPS) is 12.1. The minimum atomic E-state index is -0.0637. The van der Waals surface area contributed by atoms with Gasteiger partial charge in [-0.25, -0.2) is 4.99 Å². The van der Waals surface area contributed by atoms with Crippen molar-refractivity contribution >= 4 is 29.9 Å². The number of halogens is 1. The molecule has 1 heterocycles. The highest BCUT2D eigenvalue weighted by Gasteiger charge is 2.09. The van der Waals surface area contributed by atoms with Gasteiger partial charge in [0.05, 0.1) is 6.26 Å². The maximum atomic E-state index is 5.72. The third kappa shape index (κ3) is 5.39. The molecule has 0 aliphatic heterocycles. The Morgan fingerprint density at radius 2 is 2.12 bits per heavy atom. The summed E-state index contributed by atoms with van der Waals surface area (Å²) in [6.45, 7) is 8.57. The fourth-order valence-corrected chi connectivity index (χ4v) is 1.15. The molecule has 5 heteroatoms. The number of nitrogens with two attached hydrogens (primary N) is 1. The Kier molecular flexibility index (Phi) is 5.85. The molecule has 0 unspecified atom stereocenters. The van der Waals surface area contributed by atoms with Crippen molar-refractivity contribution in [3.8, 4) is 0 Å². The lowest BCUT2D eigenvalue weighted by Gasteiger charge is -2.20. The molecule has 0 aliphatic carbocycles. The molecule has 92 valence electrons. The first-order valence-electron chi connectivity index (χ1n) is 4.99. The fraction of sp³-hybridized carbons (Fsp3) is 0.545. The highest BCUT2D eigenvalue weighted by Crippen LogP contribution is 2.09. The van der Waals surface area contributed by atoms with Gasteiger partial charge in [0.1, 0.15) is 12.3 Å². The molecule has 0 aromatic carbocycles. The van der Waals surface area contributed by atoms with E-state index < -0.39 is 0 Å². The van der Waals surface area contributed by atoms with Crippen LogP contribution >= 0.6 is 24.0 Å². The Morgan fingerprint density at radius 3 is 2.56 bits per heavy atom. The number of nitrogens with zero attached hydrogens (tertiary/aromatic N) is 1. The molecule has 0 spiro atoms. The minimum absolute atomic E-state index is 0. The van der Waals surface area contributed by atoms with Crippen LogP contribution in [0, 0.1) is 6.92 Å². The first kappa shape index (κ1) is 15.3. The number of hydrogen-bond donors (Lipinski definition) is 2. The number of aryl methyl sites for hydroxylation is 1. The molecule has 0 saturated carbocycles. The summed E-state index contributed by atoms with van der Waals surface area (Å²) < 4.78 is 5.25. The Hall–Kier alpha value is -0.720. The van der Waals surface area contributed by atoms with Gasteiger partial charge in [-0.15, -0.1) is 24.0 Å². The summed E-state index contributed by atoms with van der Waals surface area (Å²) in [6, 6.07) is 1.91. The van der Waals surface area contributed by atoms with E-state index in [0.717, 1.165) is 11.3 Å². The number of nitrogens with one attached hydrogen (secondary N) is 1. The first-order valence-corrected chi connectivity index (χ1v) is 4.99.